The largest absolute Gasteiger partial charge is 0.479 e. The number of rotatable bonds is 9. The van der Waals surface area contributed by atoms with Crippen LogP contribution >= 0.6 is 0 Å². The summed E-state index contributed by atoms with van der Waals surface area (Å²) in [6.45, 7) is 1.93. The van der Waals surface area contributed by atoms with Crippen molar-refractivity contribution in [3.63, 3.8) is 0 Å². The summed E-state index contributed by atoms with van der Waals surface area (Å²) in [7, 11) is 3.00. The number of ether oxygens (including phenoxy) is 3. The molecular weight excluding hydrogens is 296 g/mol. The van der Waals surface area contributed by atoms with Crippen molar-refractivity contribution in [2.24, 2.45) is 0 Å². The van der Waals surface area contributed by atoms with E-state index in [4.69, 9.17) is 19.9 Å². The minimum atomic E-state index is 0.284. The number of nitrogen functional groups attached to an aromatic ring is 1. The normalized spacial score (nSPS) is 10.3. The lowest BCUT2D eigenvalue weighted by molar-refractivity contribution is 0.120. The van der Waals surface area contributed by atoms with Crippen LogP contribution in [0.25, 0.3) is 0 Å². The summed E-state index contributed by atoms with van der Waals surface area (Å²) >= 11 is 0. The van der Waals surface area contributed by atoms with E-state index in [1.54, 1.807) is 0 Å². The molecule has 2 aromatic rings. The standard InChI is InChI=1S/C16H22N4O3/c1-21-14-13(17)15(22-2)20-16(19-14)18-9-6-10-23-11-12-7-4-3-5-8-12/h3-5,7-8H,6,9-11,17H2,1-2H3,(H,18,19,20). The molecule has 124 valence electrons. The molecule has 0 atom stereocenters. The Hall–Kier alpha value is -2.54. The summed E-state index contributed by atoms with van der Waals surface area (Å²) in [5, 5.41) is 3.10. The van der Waals surface area contributed by atoms with Gasteiger partial charge >= 0.3 is 0 Å². The maximum atomic E-state index is 5.80. The number of benzene rings is 1. The Morgan fingerprint density at radius 1 is 1.04 bits per heavy atom. The van der Waals surface area contributed by atoms with Crippen LogP contribution in [-0.2, 0) is 11.3 Å². The first-order valence-electron chi connectivity index (χ1n) is 7.35. The fraction of sp³-hybridized carbons (Fsp3) is 0.375. The zero-order chi connectivity index (χ0) is 16.5. The lowest BCUT2D eigenvalue weighted by atomic mass is 10.2. The second-order valence-electron chi connectivity index (χ2n) is 4.80. The molecule has 0 aliphatic rings. The SMILES string of the molecule is COc1nc(NCCCOCc2ccccc2)nc(OC)c1N. The summed E-state index contributed by atoms with van der Waals surface area (Å²) < 4.78 is 15.8. The highest BCUT2D eigenvalue weighted by Crippen LogP contribution is 2.28. The van der Waals surface area contributed by atoms with Gasteiger partial charge in [0.2, 0.25) is 17.7 Å². The van der Waals surface area contributed by atoms with Gasteiger partial charge in [-0.15, -0.1) is 0 Å². The second-order valence-corrected chi connectivity index (χ2v) is 4.80. The molecule has 0 fully saturated rings. The third-order valence-electron chi connectivity index (χ3n) is 3.12. The molecule has 23 heavy (non-hydrogen) atoms. The van der Waals surface area contributed by atoms with Crippen molar-refractivity contribution in [1.29, 1.82) is 0 Å². The van der Waals surface area contributed by atoms with Crippen LogP contribution in [0.1, 0.15) is 12.0 Å². The van der Waals surface area contributed by atoms with Crippen LogP contribution in [0.3, 0.4) is 0 Å². The van der Waals surface area contributed by atoms with Gasteiger partial charge in [-0.25, -0.2) is 0 Å². The minimum Gasteiger partial charge on any atom is -0.479 e. The van der Waals surface area contributed by atoms with Gasteiger partial charge in [-0.05, 0) is 12.0 Å². The highest BCUT2D eigenvalue weighted by atomic mass is 16.5. The Labute approximate surface area is 135 Å². The summed E-state index contributed by atoms with van der Waals surface area (Å²) in [4.78, 5) is 8.35. The van der Waals surface area contributed by atoms with E-state index in [0.29, 0.717) is 37.5 Å². The van der Waals surface area contributed by atoms with Gasteiger partial charge in [0.25, 0.3) is 0 Å². The number of aromatic nitrogens is 2. The van der Waals surface area contributed by atoms with Gasteiger partial charge in [0.15, 0.2) is 5.69 Å². The van der Waals surface area contributed by atoms with E-state index in [9.17, 15) is 0 Å². The molecule has 0 bridgehead atoms. The topological polar surface area (TPSA) is 91.5 Å². The summed E-state index contributed by atoms with van der Waals surface area (Å²) in [6, 6.07) is 10.1. The Balaban J connectivity index is 1.74. The van der Waals surface area contributed by atoms with Gasteiger partial charge in [0.1, 0.15) is 0 Å². The first-order chi connectivity index (χ1) is 11.2. The minimum absolute atomic E-state index is 0.284. The summed E-state index contributed by atoms with van der Waals surface area (Å²) in [5.41, 5.74) is 7.25. The van der Waals surface area contributed by atoms with Crippen molar-refractivity contribution in [2.75, 3.05) is 38.4 Å². The number of anilines is 2. The number of hydrogen-bond donors (Lipinski definition) is 2. The van der Waals surface area contributed by atoms with Gasteiger partial charge < -0.3 is 25.3 Å². The molecule has 0 saturated heterocycles. The van der Waals surface area contributed by atoms with Crippen LogP contribution in [0, 0.1) is 0 Å². The molecule has 0 amide bonds. The van der Waals surface area contributed by atoms with E-state index >= 15 is 0 Å². The predicted octanol–water partition coefficient (Wildman–Crippen LogP) is 2.09. The van der Waals surface area contributed by atoms with Crippen molar-refractivity contribution in [1.82, 2.24) is 9.97 Å². The van der Waals surface area contributed by atoms with Crippen molar-refractivity contribution >= 4 is 11.6 Å². The molecule has 0 unspecified atom stereocenters. The average Bonchev–Trinajstić information content (AvgIpc) is 2.59. The fourth-order valence-electron chi connectivity index (χ4n) is 1.96. The molecule has 0 aliphatic carbocycles. The van der Waals surface area contributed by atoms with E-state index in [1.807, 2.05) is 30.3 Å². The molecule has 2 rings (SSSR count). The molecule has 0 saturated carbocycles. The lowest BCUT2D eigenvalue weighted by Crippen LogP contribution is -2.11. The molecule has 7 nitrogen and oxygen atoms in total. The van der Waals surface area contributed by atoms with Crippen LogP contribution in [0.15, 0.2) is 30.3 Å². The zero-order valence-corrected chi connectivity index (χ0v) is 13.4. The first-order valence-corrected chi connectivity index (χ1v) is 7.35. The number of nitrogens with two attached hydrogens (primary N) is 1. The molecule has 3 N–H and O–H groups in total. The van der Waals surface area contributed by atoms with Crippen molar-refractivity contribution in [3.05, 3.63) is 35.9 Å². The molecule has 1 aromatic carbocycles. The van der Waals surface area contributed by atoms with Gasteiger partial charge in [-0.3, -0.25) is 0 Å². The lowest BCUT2D eigenvalue weighted by Gasteiger charge is -2.11. The third-order valence-corrected chi connectivity index (χ3v) is 3.12. The third kappa shape index (κ3) is 5.00. The number of nitrogens with one attached hydrogen (secondary N) is 1. The number of methoxy groups -OCH3 is 2. The Morgan fingerprint density at radius 2 is 1.70 bits per heavy atom. The van der Waals surface area contributed by atoms with Crippen LogP contribution in [-0.4, -0.2) is 37.3 Å². The van der Waals surface area contributed by atoms with Gasteiger partial charge in [-0.1, -0.05) is 30.3 Å². The molecular formula is C16H22N4O3. The van der Waals surface area contributed by atoms with E-state index in [-0.39, 0.29) is 5.69 Å². The molecule has 0 spiro atoms. The average molecular weight is 318 g/mol. The van der Waals surface area contributed by atoms with E-state index in [2.05, 4.69) is 15.3 Å². The number of hydrogen-bond acceptors (Lipinski definition) is 7. The summed E-state index contributed by atoms with van der Waals surface area (Å²) in [5.74, 6) is 0.996. The van der Waals surface area contributed by atoms with Crippen LogP contribution < -0.4 is 20.5 Å². The van der Waals surface area contributed by atoms with Crippen molar-refractivity contribution in [3.8, 4) is 11.8 Å². The Kier molecular flexibility index (Phi) is 6.43. The summed E-state index contributed by atoms with van der Waals surface area (Å²) in [6.07, 6.45) is 0.825. The predicted molar refractivity (Wildman–Crippen MR) is 88.8 cm³/mol. The quantitative estimate of drug-likeness (QED) is 0.684. The molecule has 0 radical (unpaired) electrons. The fourth-order valence-corrected chi connectivity index (χ4v) is 1.96. The monoisotopic (exact) mass is 318 g/mol. The Morgan fingerprint density at radius 3 is 2.30 bits per heavy atom. The van der Waals surface area contributed by atoms with Crippen molar-refractivity contribution < 1.29 is 14.2 Å². The maximum Gasteiger partial charge on any atom is 0.245 e. The van der Waals surface area contributed by atoms with E-state index in [1.165, 1.54) is 14.2 Å². The molecule has 1 heterocycles. The van der Waals surface area contributed by atoms with Crippen LogP contribution in [0.2, 0.25) is 0 Å². The number of nitrogens with zero attached hydrogens (tertiary/aromatic N) is 2. The van der Waals surface area contributed by atoms with Crippen molar-refractivity contribution in [2.45, 2.75) is 13.0 Å². The van der Waals surface area contributed by atoms with Gasteiger partial charge in [0.05, 0.1) is 20.8 Å². The first kappa shape index (κ1) is 16.8. The van der Waals surface area contributed by atoms with E-state index < -0.39 is 0 Å². The molecule has 7 heteroatoms. The second kappa shape index (κ2) is 8.79. The van der Waals surface area contributed by atoms with Crippen LogP contribution in [0.4, 0.5) is 11.6 Å². The maximum absolute atomic E-state index is 5.80. The Bertz CT molecular complexity index is 583. The highest BCUT2D eigenvalue weighted by Gasteiger charge is 2.12. The zero-order valence-electron chi connectivity index (χ0n) is 13.4. The molecule has 1 aromatic heterocycles. The van der Waals surface area contributed by atoms with E-state index in [0.717, 1.165) is 12.0 Å². The highest BCUT2D eigenvalue weighted by molar-refractivity contribution is 5.58. The van der Waals surface area contributed by atoms with Gasteiger partial charge in [0, 0.05) is 13.2 Å². The van der Waals surface area contributed by atoms with Crippen LogP contribution in [0.5, 0.6) is 11.8 Å². The van der Waals surface area contributed by atoms with Gasteiger partial charge in [-0.2, -0.15) is 9.97 Å². The molecule has 0 aliphatic heterocycles. The smallest absolute Gasteiger partial charge is 0.245 e.